The fourth-order valence-corrected chi connectivity index (χ4v) is 1.73. The summed E-state index contributed by atoms with van der Waals surface area (Å²) in [6.07, 6.45) is 1.77. The smallest absolute Gasteiger partial charge is 0.119 e. The minimum Gasteiger partial charge on any atom is -0.494 e. The zero-order chi connectivity index (χ0) is 11.9. The monoisotopic (exact) mass is 225 g/mol. The summed E-state index contributed by atoms with van der Waals surface area (Å²) in [5, 5.41) is 0. The Hall–Kier alpha value is -1.76. The van der Waals surface area contributed by atoms with Crippen molar-refractivity contribution in [1.29, 1.82) is 0 Å². The van der Waals surface area contributed by atoms with Gasteiger partial charge >= 0.3 is 0 Å². The molecule has 0 N–H and O–H groups in total. The van der Waals surface area contributed by atoms with Crippen molar-refractivity contribution >= 4 is 0 Å². The van der Waals surface area contributed by atoms with Gasteiger partial charge in [0, 0.05) is 0 Å². The second-order valence-corrected chi connectivity index (χ2v) is 4.01. The highest BCUT2D eigenvalue weighted by Gasteiger charge is 1.97. The van der Waals surface area contributed by atoms with Gasteiger partial charge in [-0.05, 0) is 43.0 Å². The maximum absolute atomic E-state index is 5.50. The lowest BCUT2D eigenvalue weighted by Crippen LogP contribution is -1.95. The van der Waals surface area contributed by atoms with Crippen molar-refractivity contribution in [3.05, 3.63) is 72.6 Å². The molecule has 0 spiro atoms. The first-order chi connectivity index (χ1) is 8.38. The zero-order valence-electron chi connectivity index (χ0n) is 9.93. The van der Waals surface area contributed by atoms with Crippen molar-refractivity contribution in [2.45, 2.75) is 12.8 Å². The maximum atomic E-state index is 5.50. The van der Waals surface area contributed by atoms with Gasteiger partial charge in [-0.3, -0.25) is 0 Å². The molecule has 0 aliphatic carbocycles. The van der Waals surface area contributed by atoms with E-state index in [4.69, 9.17) is 4.74 Å². The number of ether oxygens (including phenoxy) is 1. The first kappa shape index (κ1) is 11.7. The Balaban J connectivity index is 1.98. The molecule has 87 valence electrons. The van der Waals surface area contributed by atoms with Crippen LogP contribution >= 0.6 is 0 Å². The third-order valence-electron chi connectivity index (χ3n) is 2.59. The molecule has 0 atom stereocenters. The second-order valence-electron chi connectivity index (χ2n) is 4.01. The van der Waals surface area contributed by atoms with Gasteiger partial charge in [0.25, 0.3) is 0 Å². The summed E-state index contributed by atoms with van der Waals surface area (Å²) in [5.74, 6) is 0.922. The van der Waals surface area contributed by atoms with Gasteiger partial charge in [0.2, 0.25) is 0 Å². The molecular weight excluding hydrogens is 208 g/mol. The fraction of sp³-hybridized carbons (Fsp3) is 0.188. The highest BCUT2D eigenvalue weighted by Crippen LogP contribution is 2.15. The normalized spacial score (nSPS) is 10.2. The number of hydrogen-bond acceptors (Lipinski definition) is 1. The molecule has 0 saturated heterocycles. The molecule has 0 unspecified atom stereocenters. The van der Waals surface area contributed by atoms with Gasteiger partial charge in [-0.15, -0.1) is 0 Å². The maximum Gasteiger partial charge on any atom is 0.119 e. The lowest BCUT2D eigenvalue weighted by molar-refractivity contribution is 0.324. The highest BCUT2D eigenvalue weighted by atomic mass is 16.5. The average molecular weight is 225 g/mol. The number of benzene rings is 2. The predicted octanol–water partition coefficient (Wildman–Crippen LogP) is 3.88. The van der Waals surface area contributed by atoms with Gasteiger partial charge in [0.1, 0.15) is 5.75 Å². The van der Waals surface area contributed by atoms with E-state index in [0.717, 1.165) is 18.6 Å². The van der Waals surface area contributed by atoms with Crippen LogP contribution in [0.25, 0.3) is 0 Å². The summed E-state index contributed by atoms with van der Waals surface area (Å²) < 4.78 is 5.50. The molecule has 1 heteroatoms. The topological polar surface area (TPSA) is 9.23 Å². The third kappa shape index (κ3) is 3.63. The van der Waals surface area contributed by atoms with Crippen LogP contribution in [-0.4, -0.2) is 6.61 Å². The van der Waals surface area contributed by atoms with E-state index in [0.29, 0.717) is 6.61 Å². The van der Waals surface area contributed by atoms with Gasteiger partial charge in [-0.1, -0.05) is 42.5 Å². The van der Waals surface area contributed by atoms with Gasteiger partial charge in [0.05, 0.1) is 6.61 Å². The molecule has 0 bridgehead atoms. The summed E-state index contributed by atoms with van der Waals surface area (Å²) in [6, 6.07) is 18.8. The minimum absolute atomic E-state index is 0.679. The first-order valence-electron chi connectivity index (χ1n) is 5.93. The lowest BCUT2D eigenvalue weighted by Gasteiger charge is -2.06. The van der Waals surface area contributed by atoms with Crippen LogP contribution in [0.2, 0.25) is 0 Å². The predicted molar refractivity (Wildman–Crippen MR) is 71.2 cm³/mol. The molecule has 0 heterocycles. The van der Waals surface area contributed by atoms with Gasteiger partial charge in [0.15, 0.2) is 0 Å². The SMILES string of the molecule is [CH2]CCOc1ccc(Cc2ccccc2)cc1. The van der Waals surface area contributed by atoms with E-state index >= 15 is 0 Å². The van der Waals surface area contributed by atoms with E-state index in [9.17, 15) is 0 Å². The standard InChI is InChI=1S/C16H17O/c1-2-12-17-16-10-8-15(9-11-16)13-14-6-4-3-5-7-14/h3-11H,1-2,12-13H2. The Labute approximate surface area is 103 Å². The van der Waals surface area contributed by atoms with Crippen molar-refractivity contribution in [3.63, 3.8) is 0 Å². The van der Waals surface area contributed by atoms with Crippen LogP contribution in [0, 0.1) is 6.92 Å². The molecule has 0 fully saturated rings. The summed E-state index contributed by atoms with van der Waals surface area (Å²) in [7, 11) is 0. The van der Waals surface area contributed by atoms with E-state index in [-0.39, 0.29) is 0 Å². The molecule has 2 aromatic carbocycles. The van der Waals surface area contributed by atoms with E-state index in [1.165, 1.54) is 11.1 Å². The second kappa shape index (κ2) is 6.09. The van der Waals surface area contributed by atoms with Crippen molar-refractivity contribution in [1.82, 2.24) is 0 Å². The Bertz CT molecular complexity index is 431. The Kier molecular flexibility index (Phi) is 4.20. The third-order valence-corrected chi connectivity index (χ3v) is 2.59. The Morgan fingerprint density at radius 3 is 2.12 bits per heavy atom. The van der Waals surface area contributed by atoms with Crippen LogP contribution in [-0.2, 0) is 6.42 Å². The Morgan fingerprint density at radius 2 is 1.47 bits per heavy atom. The van der Waals surface area contributed by atoms with E-state index in [1.807, 2.05) is 18.2 Å². The molecule has 1 radical (unpaired) electrons. The Morgan fingerprint density at radius 1 is 0.824 bits per heavy atom. The van der Waals surface area contributed by atoms with Crippen LogP contribution in [0.5, 0.6) is 5.75 Å². The molecule has 0 saturated carbocycles. The molecule has 0 aliphatic heterocycles. The van der Waals surface area contributed by atoms with Crippen LogP contribution in [0.1, 0.15) is 17.5 Å². The average Bonchev–Trinajstić information content (AvgIpc) is 2.39. The van der Waals surface area contributed by atoms with Crippen molar-refractivity contribution in [2.75, 3.05) is 6.61 Å². The highest BCUT2D eigenvalue weighted by molar-refractivity contribution is 5.31. The first-order valence-corrected chi connectivity index (χ1v) is 5.93. The van der Waals surface area contributed by atoms with Gasteiger partial charge in [-0.25, -0.2) is 0 Å². The molecule has 0 aliphatic rings. The summed E-state index contributed by atoms with van der Waals surface area (Å²) in [4.78, 5) is 0. The van der Waals surface area contributed by atoms with E-state index in [2.05, 4.69) is 43.3 Å². The van der Waals surface area contributed by atoms with Crippen LogP contribution < -0.4 is 4.74 Å². The molecular formula is C16H17O. The molecule has 2 rings (SSSR count). The minimum atomic E-state index is 0.679. The van der Waals surface area contributed by atoms with Crippen LogP contribution in [0.15, 0.2) is 54.6 Å². The number of hydrogen-bond donors (Lipinski definition) is 0. The molecule has 1 nitrogen and oxygen atoms in total. The molecule has 17 heavy (non-hydrogen) atoms. The molecule has 0 amide bonds. The van der Waals surface area contributed by atoms with Crippen molar-refractivity contribution in [3.8, 4) is 5.75 Å². The summed E-state index contributed by atoms with van der Waals surface area (Å²) >= 11 is 0. The molecule has 0 aromatic heterocycles. The summed E-state index contributed by atoms with van der Waals surface area (Å²) in [5.41, 5.74) is 2.64. The van der Waals surface area contributed by atoms with E-state index in [1.54, 1.807) is 0 Å². The van der Waals surface area contributed by atoms with Crippen molar-refractivity contribution < 1.29 is 4.74 Å². The fourth-order valence-electron chi connectivity index (χ4n) is 1.73. The molecule has 2 aromatic rings. The zero-order valence-corrected chi connectivity index (χ0v) is 9.93. The van der Waals surface area contributed by atoms with Crippen LogP contribution in [0.4, 0.5) is 0 Å². The largest absolute Gasteiger partial charge is 0.494 e. The lowest BCUT2D eigenvalue weighted by atomic mass is 10.1. The van der Waals surface area contributed by atoms with E-state index < -0.39 is 0 Å². The van der Waals surface area contributed by atoms with Gasteiger partial charge < -0.3 is 4.74 Å². The van der Waals surface area contributed by atoms with Gasteiger partial charge in [-0.2, -0.15) is 0 Å². The quantitative estimate of drug-likeness (QED) is 0.750. The van der Waals surface area contributed by atoms with Crippen molar-refractivity contribution in [2.24, 2.45) is 0 Å². The van der Waals surface area contributed by atoms with Crippen LogP contribution in [0.3, 0.4) is 0 Å². The number of rotatable bonds is 5. The summed E-state index contributed by atoms with van der Waals surface area (Å²) in [6.45, 7) is 4.43.